The van der Waals surface area contributed by atoms with Crippen LogP contribution in [-0.2, 0) is 25.2 Å². The lowest BCUT2D eigenvalue weighted by atomic mass is 10.0. The molecule has 3 aliphatic rings. The molecule has 1 unspecified atom stereocenters. The summed E-state index contributed by atoms with van der Waals surface area (Å²) in [5.74, 6) is -0.804. The molecule has 1 aliphatic heterocycles. The molecule has 0 bridgehead atoms. The first-order valence-electron chi connectivity index (χ1n) is 11.7. The highest BCUT2D eigenvalue weighted by atomic mass is 32.2. The van der Waals surface area contributed by atoms with Gasteiger partial charge in [0.2, 0.25) is 21.8 Å². The molecule has 1 saturated heterocycles. The Morgan fingerprint density at radius 2 is 1.94 bits per heavy atom. The Kier molecular flexibility index (Phi) is 7.19. The minimum atomic E-state index is -3.56. The maximum absolute atomic E-state index is 14.3. The molecule has 9 heteroatoms. The lowest BCUT2D eigenvalue weighted by Crippen LogP contribution is -2.36. The molecule has 2 N–H and O–H groups in total. The normalized spacial score (nSPS) is 22.8. The summed E-state index contributed by atoms with van der Waals surface area (Å²) in [5, 5.41) is 2.26. The van der Waals surface area contributed by atoms with Crippen LogP contribution in [0, 0.1) is 17.7 Å². The monoisotopic (exact) mass is 478 g/mol. The van der Waals surface area contributed by atoms with Gasteiger partial charge in [-0.1, -0.05) is 31.1 Å². The minimum Gasteiger partial charge on any atom is -0.490 e. The van der Waals surface area contributed by atoms with E-state index in [1.165, 1.54) is 18.9 Å². The summed E-state index contributed by atoms with van der Waals surface area (Å²) >= 11 is 0. The molecule has 4 rings (SSSR count). The van der Waals surface area contributed by atoms with Crippen LogP contribution in [0.2, 0.25) is 0 Å². The Labute approximate surface area is 194 Å². The first-order chi connectivity index (χ1) is 15.8. The average molecular weight is 479 g/mol. The predicted molar refractivity (Wildman–Crippen MR) is 121 cm³/mol. The third kappa shape index (κ3) is 6.20. The highest BCUT2D eigenvalue weighted by Gasteiger charge is 2.47. The topological polar surface area (TPSA) is 102 Å². The number of benzene rings is 1. The second-order valence-electron chi connectivity index (χ2n) is 9.42. The number of carbonyl (C=O) groups excluding carboxylic acids is 2. The Balaban J connectivity index is 1.30. The molecule has 0 radical (unpaired) electrons. The molecule has 1 aromatic carbocycles. The fourth-order valence-electron chi connectivity index (χ4n) is 4.62. The largest absolute Gasteiger partial charge is 0.490 e. The molecule has 2 saturated carbocycles. The molecule has 2 aliphatic carbocycles. The van der Waals surface area contributed by atoms with Gasteiger partial charge in [0.1, 0.15) is 0 Å². The number of ether oxygens (including phenoxy) is 1. The lowest BCUT2D eigenvalue weighted by Gasteiger charge is -2.19. The van der Waals surface area contributed by atoms with E-state index in [0.717, 1.165) is 18.4 Å². The maximum atomic E-state index is 14.3. The predicted octanol–water partition coefficient (Wildman–Crippen LogP) is 3.30. The fourth-order valence-corrected chi connectivity index (χ4v) is 6.08. The molecule has 0 spiro atoms. The number of halogens is 1. The van der Waals surface area contributed by atoms with Crippen LogP contribution in [0.15, 0.2) is 30.4 Å². The van der Waals surface area contributed by atoms with Crippen molar-refractivity contribution in [1.82, 2.24) is 10.0 Å². The SMILES string of the molecule is O=C1CC(C/C=C/CCS(=O)(=O)NC2(c3ccc(F)c(OCC4CCCC4)c3)CC2)C(=O)N1. The van der Waals surface area contributed by atoms with Crippen molar-refractivity contribution < 1.29 is 27.1 Å². The quantitative estimate of drug-likeness (QED) is 0.375. The van der Waals surface area contributed by atoms with E-state index in [2.05, 4.69) is 10.0 Å². The molecule has 180 valence electrons. The molecule has 7 nitrogen and oxygen atoms in total. The van der Waals surface area contributed by atoms with E-state index >= 15 is 0 Å². The number of allylic oxidation sites excluding steroid dienone is 2. The van der Waals surface area contributed by atoms with Gasteiger partial charge in [-0.25, -0.2) is 17.5 Å². The minimum absolute atomic E-state index is 0.0900. The zero-order valence-electron chi connectivity index (χ0n) is 18.6. The maximum Gasteiger partial charge on any atom is 0.230 e. The number of hydrogen-bond donors (Lipinski definition) is 2. The first kappa shape index (κ1) is 23.9. The molecule has 1 atom stereocenters. The van der Waals surface area contributed by atoms with E-state index in [0.29, 0.717) is 38.2 Å². The molecule has 3 fully saturated rings. The Hall–Kier alpha value is -2.26. The summed E-state index contributed by atoms with van der Waals surface area (Å²) in [7, 11) is -3.56. The van der Waals surface area contributed by atoms with Crippen molar-refractivity contribution in [2.24, 2.45) is 11.8 Å². The van der Waals surface area contributed by atoms with Gasteiger partial charge in [0.05, 0.1) is 23.8 Å². The number of nitrogens with one attached hydrogen (secondary N) is 2. The van der Waals surface area contributed by atoms with E-state index in [1.807, 2.05) is 0 Å². The zero-order chi connectivity index (χ0) is 23.5. The second kappa shape index (κ2) is 9.93. The summed E-state index contributed by atoms with van der Waals surface area (Å²) < 4.78 is 48.2. The van der Waals surface area contributed by atoms with Gasteiger partial charge in [0.15, 0.2) is 11.6 Å². The number of imide groups is 1. The van der Waals surface area contributed by atoms with E-state index in [1.54, 1.807) is 24.3 Å². The number of amides is 2. The highest BCUT2D eigenvalue weighted by molar-refractivity contribution is 7.89. The first-order valence-corrected chi connectivity index (χ1v) is 13.3. The zero-order valence-corrected chi connectivity index (χ0v) is 19.5. The van der Waals surface area contributed by atoms with E-state index < -0.39 is 21.4 Å². The Morgan fingerprint density at radius 3 is 2.61 bits per heavy atom. The molecule has 2 amide bonds. The van der Waals surface area contributed by atoms with E-state index in [4.69, 9.17) is 4.74 Å². The van der Waals surface area contributed by atoms with Crippen molar-refractivity contribution in [1.29, 1.82) is 0 Å². The molecular weight excluding hydrogens is 447 g/mol. The van der Waals surface area contributed by atoms with Gasteiger partial charge >= 0.3 is 0 Å². The Bertz CT molecular complexity index is 1030. The van der Waals surface area contributed by atoms with Gasteiger partial charge in [-0.3, -0.25) is 14.9 Å². The summed E-state index contributed by atoms with van der Waals surface area (Å²) in [6.07, 6.45) is 10.2. The van der Waals surface area contributed by atoms with Crippen LogP contribution in [0.4, 0.5) is 4.39 Å². The second-order valence-corrected chi connectivity index (χ2v) is 11.3. The van der Waals surface area contributed by atoms with Crippen LogP contribution in [0.1, 0.15) is 63.4 Å². The van der Waals surface area contributed by atoms with Gasteiger partial charge in [-0.15, -0.1) is 0 Å². The molecule has 33 heavy (non-hydrogen) atoms. The van der Waals surface area contributed by atoms with Crippen LogP contribution in [-0.4, -0.2) is 32.6 Å². The van der Waals surface area contributed by atoms with Crippen molar-refractivity contribution in [2.45, 2.75) is 63.3 Å². The standard InChI is InChI=1S/C24H31FN2O5S/c25-20-10-9-19(15-21(20)32-16-17-6-3-4-7-17)24(11-12-24)27-33(30,31)13-5-1-2-8-18-14-22(28)26-23(18)29/h1-2,9-10,15,17-18,27H,3-8,11-14,16H2,(H,26,28,29)/b2-1+. The molecular formula is C24H31FN2O5S. The number of sulfonamides is 1. The van der Waals surface area contributed by atoms with Gasteiger partial charge < -0.3 is 4.74 Å². The van der Waals surface area contributed by atoms with E-state index in [-0.39, 0.29) is 35.7 Å². The van der Waals surface area contributed by atoms with Gasteiger partial charge in [-0.2, -0.15) is 0 Å². The summed E-state index contributed by atoms with van der Waals surface area (Å²) in [6.45, 7) is 0.488. The summed E-state index contributed by atoms with van der Waals surface area (Å²) in [5.41, 5.74) is 0.0191. The fraction of sp³-hybridized carbons (Fsp3) is 0.583. The van der Waals surface area contributed by atoms with Gasteiger partial charge in [0, 0.05) is 6.42 Å². The van der Waals surface area contributed by atoms with Crippen molar-refractivity contribution in [3.8, 4) is 5.75 Å². The van der Waals surface area contributed by atoms with Crippen LogP contribution >= 0.6 is 0 Å². The van der Waals surface area contributed by atoms with Gasteiger partial charge in [0.25, 0.3) is 0 Å². The van der Waals surface area contributed by atoms with Crippen LogP contribution in [0.5, 0.6) is 5.75 Å². The van der Waals surface area contributed by atoms with Crippen LogP contribution in [0.3, 0.4) is 0 Å². The van der Waals surface area contributed by atoms with Crippen LogP contribution in [0.25, 0.3) is 0 Å². The molecule has 1 aromatic rings. The van der Waals surface area contributed by atoms with Crippen LogP contribution < -0.4 is 14.8 Å². The van der Waals surface area contributed by atoms with Crippen molar-refractivity contribution in [3.05, 3.63) is 41.7 Å². The third-order valence-corrected chi connectivity index (χ3v) is 8.21. The highest BCUT2D eigenvalue weighted by Crippen LogP contribution is 2.47. The lowest BCUT2D eigenvalue weighted by molar-refractivity contribution is -0.125. The number of carbonyl (C=O) groups is 2. The summed E-state index contributed by atoms with van der Waals surface area (Å²) in [6, 6.07) is 4.61. The van der Waals surface area contributed by atoms with Crippen molar-refractivity contribution in [3.63, 3.8) is 0 Å². The number of rotatable bonds is 11. The summed E-state index contributed by atoms with van der Waals surface area (Å²) in [4.78, 5) is 22.8. The van der Waals surface area contributed by atoms with Gasteiger partial charge in [-0.05, 0) is 62.1 Å². The third-order valence-electron chi connectivity index (χ3n) is 6.74. The average Bonchev–Trinajstić information content (AvgIpc) is 3.18. The smallest absolute Gasteiger partial charge is 0.230 e. The molecule has 0 aromatic heterocycles. The number of hydrogen-bond acceptors (Lipinski definition) is 5. The van der Waals surface area contributed by atoms with Crippen molar-refractivity contribution >= 4 is 21.8 Å². The Morgan fingerprint density at radius 1 is 1.18 bits per heavy atom. The van der Waals surface area contributed by atoms with E-state index in [9.17, 15) is 22.4 Å². The molecule has 1 heterocycles. The van der Waals surface area contributed by atoms with Crippen molar-refractivity contribution in [2.75, 3.05) is 12.4 Å².